The molecule has 0 spiro atoms. The van der Waals surface area contributed by atoms with Crippen LogP contribution in [0.3, 0.4) is 0 Å². The first kappa shape index (κ1) is 21.5. The van der Waals surface area contributed by atoms with Crippen LogP contribution < -0.4 is 4.90 Å². The number of fused-ring (bicyclic) bond motifs is 1. The first-order valence-corrected chi connectivity index (χ1v) is 11.6. The summed E-state index contributed by atoms with van der Waals surface area (Å²) in [6.07, 6.45) is 4.15. The average Bonchev–Trinajstić information content (AvgIpc) is 3.36. The molecule has 0 unspecified atom stereocenters. The van der Waals surface area contributed by atoms with E-state index in [1.807, 2.05) is 29.2 Å². The first-order chi connectivity index (χ1) is 14.9. The Labute approximate surface area is 181 Å². The van der Waals surface area contributed by atoms with Crippen molar-refractivity contribution in [2.45, 2.75) is 18.2 Å². The number of amides is 1. The second kappa shape index (κ2) is 8.81. The van der Waals surface area contributed by atoms with Gasteiger partial charge in [-0.3, -0.25) is 4.79 Å². The van der Waals surface area contributed by atoms with Crippen LogP contribution in [0, 0.1) is 6.92 Å². The number of hydrogen-bond donors (Lipinski definition) is 0. The fourth-order valence-electron chi connectivity index (χ4n) is 3.81. The van der Waals surface area contributed by atoms with Gasteiger partial charge in [-0.15, -0.1) is 0 Å². The molecule has 2 aliphatic heterocycles. The number of aryl methyl sites for hydroxylation is 1. The van der Waals surface area contributed by atoms with Crippen molar-refractivity contribution in [1.29, 1.82) is 0 Å². The number of morpholine rings is 1. The van der Waals surface area contributed by atoms with Crippen molar-refractivity contribution in [2.75, 3.05) is 51.3 Å². The van der Waals surface area contributed by atoms with Crippen molar-refractivity contribution in [3.8, 4) is 0 Å². The maximum absolute atomic E-state index is 13.3. The van der Waals surface area contributed by atoms with Crippen LogP contribution in [0.1, 0.15) is 17.0 Å². The van der Waals surface area contributed by atoms with Crippen LogP contribution in [0.5, 0.6) is 0 Å². The van der Waals surface area contributed by atoms with Gasteiger partial charge in [0.2, 0.25) is 15.9 Å². The average molecular weight is 447 g/mol. The monoisotopic (exact) mass is 446 g/mol. The number of rotatable bonds is 6. The largest absolute Gasteiger partial charge is 0.378 e. The highest BCUT2D eigenvalue weighted by Crippen LogP contribution is 2.29. The Bertz CT molecular complexity index is 1090. The summed E-state index contributed by atoms with van der Waals surface area (Å²) in [4.78, 5) is 16.5. The summed E-state index contributed by atoms with van der Waals surface area (Å²) in [5.74, 6) is -0.120. The minimum Gasteiger partial charge on any atom is -0.378 e. The van der Waals surface area contributed by atoms with Crippen LogP contribution in [0.25, 0.3) is 6.08 Å². The molecule has 0 saturated carbocycles. The normalized spacial score (nSPS) is 17.0. The first-order valence-electron chi connectivity index (χ1n) is 10.2. The van der Waals surface area contributed by atoms with Crippen LogP contribution in [0.4, 0.5) is 5.69 Å². The minimum absolute atomic E-state index is 0.0193. The van der Waals surface area contributed by atoms with Gasteiger partial charge in [0.25, 0.3) is 0 Å². The van der Waals surface area contributed by atoms with Gasteiger partial charge in [-0.25, -0.2) is 8.42 Å². The highest BCUT2D eigenvalue weighted by atomic mass is 32.2. The van der Waals surface area contributed by atoms with Gasteiger partial charge in [-0.1, -0.05) is 23.4 Å². The van der Waals surface area contributed by atoms with E-state index in [0.29, 0.717) is 19.8 Å². The molecule has 31 heavy (non-hydrogen) atoms. The number of sulfonamides is 1. The van der Waals surface area contributed by atoms with Gasteiger partial charge in [0, 0.05) is 44.6 Å². The van der Waals surface area contributed by atoms with E-state index in [0.717, 1.165) is 35.1 Å². The van der Waals surface area contributed by atoms with Crippen molar-refractivity contribution >= 4 is 27.7 Å². The Balaban J connectivity index is 1.51. The number of likely N-dealkylation sites (N-methyl/N-ethyl adjacent to an activating group) is 1. The maximum Gasteiger partial charge on any atom is 0.249 e. The summed E-state index contributed by atoms with van der Waals surface area (Å²) in [6.45, 7) is 4.54. The van der Waals surface area contributed by atoms with Crippen molar-refractivity contribution in [3.05, 3.63) is 47.5 Å². The lowest BCUT2D eigenvalue weighted by Gasteiger charge is -2.24. The standard InChI is InChI=1S/C21H26N4O5S/c1-16-21(19(30-22-16)8-9-24-11-13-29-14-12-24)31(27,28)23(2)15-20(26)25-10-7-17-5-3-4-6-18(17)25/h3-6,8-9H,7,10-15H2,1-2H3. The maximum atomic E-state index is 13.3. The van der Waals surface area contributed by atoms with E-state index < -0.39 is 10.0 Å². The summed E-state index contributed by atoms with van der Waals surface area (Å²) in [7, 11) is -2.58. The Morgan fingerprint density at radius 3 is 2.74 bits per heavy atom. The molecule has 2 aromatic rings. The Morgan fingerprint density at radius 1 is 1.23 bits per heavy atom. The van der Waals surface area contributed by atoms with Crippen LogP contribution >= 0.6 is 0 Å². The van der Waals surface area contributed by atoms with Crippen LogP contribution in [-0.4, -0.2) is 75.1 Å². The van der Waals surface area contributed by atoms with Crippen LogP contribution in [0.15, 0.2) is 39.9 Å². The van der Waals surface area contributed by atoms with E-state index in [1.54, 1.807) is 24.1 Å². The molecule has 1 saturated heterocycles. The molecule has 0 aliphatic carbocycles. The van der Waals surface area contributed by atoms with Crippen molar-refractivity contribution in [2.24, 2.45) is 0 Å². The Morgan fingerprint density at radius 2 is 1.97 bits per heavy atom. The zero-order valence-corrected chi connectivity index (χ0v) is 18.5. The molecule has 1 fully saturated rings. The molecule has 4 rings (SSSR count). The van der Waals surface area contributed by atoms with E-state index in [9.17, 15) is 13.2 Å². The van der Waals surface area contributed by atoms with E-state index >= 15 is 0 Å². The number of carbonyl (C=O) groups is 1. The number of anilines is 1. The smallest absolute Gasteiger partial charge is 0.249 e. The lowest BCUT2D eigenvalue weighted by molar-refractivity contribution is -0.118. The molecular formula is C21H26N4O5S. The highest BCUT2D eigenvalue weighted by Gasteiger charge is 2.33. The number of nitrogens with zero attached hydrogens (tertiary/aromatic N) is 4. The van der Waals surface area contributed by atoms with Gasteiger partial charge in [-0.05, 0) is 25.0 Å². The number of aromatic nitrogens is 1. The Hall–Kier alpha value is -2.69. The molecule has 10 heteroatoms. The second-order valence-electron chi connectivity index (χ2n) is 7.61. The zero-order chi connectivity index (χ0) is 22.0. The molecule has 0 N–H and O–H groups in total. The molecule has 0 bridgehead atoms. The summed E-state index contributed by atoms with van der Waals surface area (Å²) in [5.41, 5.74) is 2.19. The van der Waals surface area contributed by atoms with Gasteiger partial charge in [-0.2, -0.15) is 4.31 Å². The number of para-hydroxylation sites is 1. The molecule has 1 aromatic carbocycles. The van der Waals surface area contributed by atoms with E-state index in [4.69, 9.17) is 9.26 Å². The van der Waals surface area contributed by atoms with Crippen molar-refractivity contribution in [1.82, 2.24) is 14.4 Å². The third kappa shape index (κ3) is 4.36. The predicted octanol–water partition coefficient (Wildman–Crippen LogP) is 1.50. The molecule has 0 atom stereocenters. The number of carbonyl (C=O) groups excluding carboxylic acids is 1. The predicted molar refractivity (Wildman–Crippen MR) is 115 cm³/mol. The van der Waals surface area contributed by atoms with Crippen LogP contribution in [-0.2, 0) is 26.0 Å². The molecule has 9 nitrogen and oxygen atoms in total. The quantitative estimate of drug-likeness (QED) is 0.663. The van der Waals surface area contributed by atoms with Gasteiger partial charge in [0.1, 0.15) is 5.69 Å². The van der Waals surface area contributed by atoms with E-state index in [2.05, 4.69) is 5.16 Å². The summed E-state index contributed by atoms with van der Waals surface area (Å²) < 4.78 is 38.2. The Kier molecular flexibility index (Phi) is 6.12. The lowest BCUT2D eigenvalue weighted by atomic mass is 10.2. The third-order valence-electron chi connectivity index (χ3n) is 5.53. The molecule has 3 heterocycles. The van der Waals surface area contributed by atoms with Crippen LogP contribution in [0.2, 0.25) is 0 Å². The van der Waals surface area contributed by atoms with E-state index in [1.165, 1.54) is 7.05 Å². The van der Waals surface area contributed by atoms with Crippen molar-refractivity contribution < 1.29 is 22.5 Å². The number of hydrogen-bond acceptors (Lipinski definition) is 7. The van der Waals surface area contributed by atoms with E-state index in [-0.39, 0.29) is 28.8 Å². The molecule has 166 valence electrons. The number of ether oxygens (including phenoxy) is 1. The minimum atomic E-state index is -3.98. The molecule has 1 amide bonds. The molecule has 0 radical (unpaired) electrons. The fraction of sp³-hybridized carbons (Fsp3) is 0.429. The highest BCUT2D eigenvalue weighted by molar-refractivity contribution is 7.89. The molecular weight excluding hydrogens is 420 g/mol. The van der Waals surface area contributed by atoms with Crippen molar-refractivity contribution in [3.63, 3.8) is 0 Å². The van der Waals surface area contributed by atoms with Gasteiger partial charge < -0.3 is 19.1 Å². The van der Waals surface area contributed by atoms with Gasteiger partial charge in [0.15, 0.2) is 10.7 Å². The SMILES string of the molecule is Cc1noc(C=CN2CCOCC2)c1S(=O)(=O)N(C)CC(=O)N1CCc2ccccc21. The summed E-state index contributed by atoms with van der Waals surface area (Å²) in [5, 5.41) is 3.84. The molecule has 2 aliphatic rings. The molecule has 1 aromatic heterocycles. The third-order valence-corrected chi connectivity index (χ3v) is 7.49. The summed E-state index contributed by atoms with van der Waals surface area (Å²) >= 11 is 0. The topological polar surface area (TPSA) is 96.2 Å². The fourth-order valence-corrected chi connectivity index (χ4v) is 5.17. The number of benzene rings is 1. The summed E-state index contributed by atoms with van der Waals surface area (Å²) in [6, 6.07) is 7.67. The second-order valence-corrected chi connectivity index (χ2v) is 9.59. The lowest BCUT2D eigenvalue weighted by Crippen LogP contribution is -2.40. The van der Waals surface area contributed by atoms with Gasteiger partial charge in [0.05, 0.1) is 19.8 Å². The zero-order valence-electron chi connectivity index (χ0n) is 17.7. The van der Waals surface area contributed by atoms with Gasteiger partial charge >= 0.3 is 0 Å².